The average molecular weight is 215 g/mol. The van der Waals surface area contributed by atoms with Crippen LogP contribution in [-0.4, -0.2) is 10.2 Å². The quantitative estimate of drug-likeness (QED) is 0.590. The van der Waals surface area contributed by atoms with Gasteiger partial charge in [-0.3, -0.25) is 14.1 Å². The van der Waals surface area contributed by atoms with Crippen LogP contribution >= 0.6 is 0 Å². The molecule has 0 aliphatic rings. The van der Waals surface area contributed by atoms with Crippen molar-refractivity contribution in [2.24, 2.45) is 0 Å². The molecule has 2 aromatic rings. The van der Waals surface area contributed by atoms with E-state index in [-0.39, 0.29) is 14.1 Å². The Morgan fingerprint density at radius 3 is 1.93 bits per heavy atom. The monoisotopic (exact) mass is 215 g/mol. The Morgan fingerprint density at radius 1 is 0.714 bits per heavy atom. The van der Waals surface area contributed by atoms with Crippen LogP contribution < -0.4 is 5.19 Å². The molecular formula is C10H10F3Si. The molecule has 75 valence electrons. The average Bonchev–Trinajstić information content (AvgIpc) is 2.06. The number of fused-ring (bicyclic) bond motifs is 1. The normalized spacial score (nSPS) is 8.07. The topological polar surface area (TPSA) is 0 Å². The predicted octanol–water partition coefficient (Wildman–Crippen LogP) is 2.09. The second kappa shape index (κ2) is 6.20. The van der Waals surface area contributed by atoms with E-state index in [1.807, 2.05) is 18.2 Å². The van der Waals surface area contributed by atoms with Gasteiger partial charge in [0.1, 0.15) is 0 Å². The fourth-order valence-corrected chi connectivity index (χ4v) is 1.55. The van der Waals surface area contributed by atoms with Crippen molar-refractivity contribution in [3.8, 4) is 0 Å². The molecule has 3 radical (unpaired) electrons. The molecule has 2 rings (SSSR count). The summed E-state index contributed by atoms with van der Waals surface area (Å²) in [4.78, 5) is 0. The van der Waals surface area contributed by atoms with Gasteiger partial charge in [-0.15, -0.1) is 0 Å². The van der Waals surface area contributed by atoms with Crippen molar-refractivity contribution < 1.29 is 14.1 Å². The van der Waals surface area contributed by atoms with Crippen LogP contribution in [0.5, 0.6) is 0 Å². The number of hydrogen-bond donors (Lipinski definition) is 0. The van der Waals surface area contributed by atoms with Gasteiger partial charge < -0.3 is 0 Å². The van der Waals surface area contributed by atoms with E-state index in [4.69, 9.17) is 0 Å². The summed E-state index contributed by atoms with van der Waals surface area (Å²) < 4.78 is 0. The van der Waals surface area contributed by atoms with Crippen molar-refractivity contribution in [3.05, 3.63) is 42.5 Å². The molecule has 0 aliphatic heterocycles. The fourth-order valence-electron chi connectivity index (χ4n) is 1.23. The second-order valence-corrected chi connectivity index (χ2v) is 3.07. The van der Waals surface area contributed by atoms with Gasteiger partial charge in [-0.25, -0.2) is 0 Å². The van der Waals surface area contributed by atoms with E-state index in [1.165, 1.54) is 10.8 Å². The molecule has 4 heteroatoms. The molecule has 0 unspecified atom stereocenters. The number of halogens is 3. The maximum absolute atomic E-state index is 3.55. The van der Waals surface area contributed by atoms with Crippen LogP contribution in [-0.2, 0) is 0 Å². The zero-order chi connectivity index (χ0) is 7.68. The van der Waals surface area contributed by atoms with E-state index >= 15 is 0 Å². The van der Waals surface area contributed by atoms with Crippen LogP contribution in [0.1, 0.15) is 0 Å². The maximum Gasteiger partial charge on any atom is 0.0720 e. The van der Waals surface area contributed by atoms with E-state index < -0.39 is 0 Å². The first-order valence-corrected chi connectivity index (χ1v) is 4.07. The lowest BCUT2D eigenvalue weighted by atomic mass is 10.1. The third-order valence-electron chi connectivity index (χ3n) is 1.79. The lowest BCUT2D eigenvalue weighted by Crippen LogP contribution is -2.01. The Balaban J connectivity index is 0. The lowest BCUT2D eigenvalue weighted by Gasteiger charge is -1.98. The van der Waals surface area contributed by atoms with Crippen molar-refractivity contribution in [2.45, 2.75) is 0 Å². The first-order valence-electron chi connectivity index (χ1n) is 3.57. The number of benzene rings is 2. The van der Waals surface area contributed by atoms with Crippen molar-refractivity contribution in [2.75, 3.05) is 0 Å². The molecule has 14 heavy (non-hydrogen) atoms. The summed E-state index contributed by atoms with van der Waals surface area (Å²) in [7, 11) is 3.55. The molecule has 0 N–H and O–H groups in total. The molecule has 2 aromatic carbocycles. The molecule has 0 spiro atoms. The van der Waals surface area contributed by atoms with Gasteiger partial charge >= 0.3 is 0 Å². The van der Waals surface area contributed by atoms with Crippen LogP contribution in [0.3, 0.4) is 0 Å². The van der Waals surface area contributed by atoms with Gasteiger partial charge in [-0.1, -0.05) is 47.7 Å². The highest BCUT2D eigenvalue weighted by atomic mass is 28.1. The summed E-state index contributed by atoms with van der Waals surface area (Å²) in [5.74, 6) is 0. The smallest absolute Gasteiger partial charge is 0.0720 e. The van der Waals surface area contributed by atoms with E-state index in [9.17, 15) is 0 Å². The van der Waals surface area contributed by atoms with Gasteiger partial charge in [0, 0.05) is 0 Å². The number of rotatable bonds is 0. The maximum atomic E-state index is 3.55. The summed E-state index contributed by atoms with van der Waals surface area (Å²) in [6.07, 6.45) is 0. The Kier molecular flexibility index (Phi) is 6.73. The molecule has 0 nitrogen and oxygen atoms in total. The Morgan fingerprint density at radius 2 is 1.29 bits per heavy atom. The van der Waals surface area contributed by atoms with Crippen molar-refractivity contribution in [3.63, 3.8) is 0 Å². The highest BCUT2D eigenvalue weighted by Crippen LogP contribution is 2.08. The summed E-state index contributed by atoms with van der Waals surface area (Å²) in [5.41, 5.74) is 0. The van der Waals surface area contributed by atoms with Gasteiger partial charge in [-0.2, -0.15) is 0 Å². The molecule has 0 saturated heterocycles. The van der Waals surface area contributed by atoms with Gasteiger partial charge in [0.15, 0.2) is 0 Å². The minimum Gasteiger partial charge on any atom is -0.269 e. The van der Waals surface area contributed by atoms with Gasteiger partial charge in [0.05, 0.1) is 10.2 Å². The minimum absolute atomic E-state index is 0. The molecule has 0 saturated carbocycles. The van der Waals surface area contributed by atoms with Crippen LogP contribution in [0.4, 0.5) is 14.1 Å². The first kappa shape index (κ1) is 15.2. The Hall–Kier alpha value is -1.29. The van der Waals surface area contributed by atoms with Crippen molar-refractivity contribution in [1.82, 2.24) is 0 Å². The minimum atomic E-state index is 0. The lowest BCUT2D eigenvalue weighted by molar-refractivity contribution is 1.11. The standard InChI is InChI=1S/C10H7Si.3FH/c11-10-7-3-5-8-4-1-2-6-9(8)10;;;/h1-7H;3*1H. The van der Waals surface area contributed by atoms with E-state index in [1.54, 1.807) is 0 Å². The zero-order valence-electron chi connectivity index (χ0n) is 7.27. The molecule has 0 fully saturated rings. The fraction of sp³-hybridized carbons (Fsp3) is 0. The molecule has 0 aromatic heterocycles. The summed E-state index contributed by atoms with van der Waals surface area (Å²) in [5, 5.41) is 3.70. The largest absolute Gasteiger partial charge is 0.269 e. The summed E-state index contributed by atoms with van der Waals surface area (Å²) in [6, 6.07) is 14.5. The second-order valence-electron chi connectivity index (χ2n) is 2.53. The molecule has 0 amide bonds. The number of hydrogen-bond acceptors (Lipinski definition) is 0. The van der Waals surface area contributed by atoms with E-state index in [0.717, 1.165) is 5.19 Å². The molecule has 0 heterocycles. The van der Waals surface area contributed by atoms with Crippen molar-refractivity contribution >= 4 is 26.2 Å². The highest BCUT2D eigenvalue weighted by molar-refractivity contribution is 6.38. The Bertz CT molecular complexity index is 385. The molecule has 0 atom stereocenters. The van der Waals surface area contributed by atoms with Crippen LogP contribution in [0.2, 0.25) is 0 Å². The van der Waals surface area contributed by atoms with Crippen molar-refractivity contribution in [1.29, 1.82) is 0 Å². The third-order valence-corrected chi connectivity index (χ3v) is 2.23. The van der Waals surface area contributed by atoms with Gasteiger partial charge in [0.2, 0.25) is 0 Å². The summed E-state index contributed by atoms with van der Waals surface area (Å²) >= 11 is 0. The zero-order valence-corrected chi connectivity index (χ0v) is 8.27. The Labute approximate surface area is 83.5 Å². The predicted molar refractivity (Wildman–Crippen MR) is 56.8 cm³/mol. The van der Waals surface area contributed by atoms with Crippen LogP contribution in [0.25, 0.3) is 10.8 Å². The van der Waals surface area contributed by atoms with Gasteiger partial charge in [0.25, 0.3) is 0 Å². The molecular weight excluding hydrogens is 205 g/mol. The van der Waals surface area contributed by atoms with E-state index in [2.05, 4.69) is 34.5 Å². The van der Waals surface area contributed by atoms with Crippen LogP contribution in [0, 0.1) is 0 Å². The molecule has 0 aliphatic carbocycles. The van der Waals surface area contributed by atoms with Gasteiger partial charge in [-0.05, 0) is 10.8 Å². The van der Waals surface area contributed by atoms with Crippen LogP contribution in [0.15, 0.2) is 42.5 Å². The third kappa shape index (κ3) is 2.60. The van der Waals surface area contributed by atoms with E-state index in [0.29, 0.717) is 0 Å². The highest BCUT2D eigenvalue weighted by Gasteiger charge is 1.92. The first-order chi connectivity index (χ1) is 5.38. The SMILES string of the molecule is F.F.F.[Si]c1cccc2ccccc12. The summed E-state index contributed by atoms with van der Waals surface area (Å²) in [6.45, 7) is 0. The molecule has 0 bridgehead atoms.